The van der Waals surface area contributed by atoms with Crippen molar-refractivity contribution in [2.24, 2.45) is 0 Å². The van der Waals surface area contributed by atoms with Gasteiger partial charge in [0.2, 0.25) is 0 Å². The molecule has 0 radical (unpaired) electrons. The number of aryl methyl sites for hydroxylation is 1. The number of thiazole rings is 1. The Morgan fingerprint density at radius 3 is 2.53 bits per heavy atom. The molecule has 1 atom stereocenters. The molecule has 9 heteroatoms. The molecule has 4 rings (SSSR count). The highest BCUT2D eigenvalue weighted by Crippen LogP contribution is 2.32. The number of nitrogens with one attached hydrogen (secondary N) is 2. The van der Waals surface area contributed by atoms with Crippen LogP contribution in [0.1, 0.15) is 60.6 Å². The van der Waals surface area contributed by atoms with Crippen molar-refractivity contribution in [3.63, 3.8) is 0 Å². The third kappa shape index (κ3) is 6.76. The lowest BCUT2D eigenvalue weighted by molar-refractivity contribution is -0.144. The molecule has 2 heterocycles. The molecule has 1 unspecified atom stereocenters. The zero-order valence-electron chi connectivity index (χ0n) is 22.0. The summed E-state index contributed by atoms with van der Waals surface area (Å²) in [5, 5.41) is 9.50. The van der Waals surface area contributed by atoms with Crippen molar-refractivity contribution in [2.45, 2.75) is 52.0 Å². The van der Waals surface area contributed by atoms with Gasteiger partial charge in [0, 0.05) is 35.6 Å². The molecule has 1 saturated heterocycles. The van der Waals surface area contributed by atoms with Crippen LogP contribution >= 0.6 is 23.6 Å². The molecule has 1 aliphatic rings. The fourth-order valence-corrected chi connectivity index (χ4v) is 5.79. The Morgan fingerprint density at radius 2 is 1.84 bits per heavy atom. The van der Waals surface area contributed by atoms with E-state index < -0.39 is 6.04 Å². The Balaban J connectivity index is 1.35. The van der Waals surface area contributed by atoms with Crippen LogP contribution in [0.5, 0.6) is 0 Å². The number of ether oxygens (including phenoxy) is 1. The number of esters is 1. The maximum atomic E-state index is 13.1. The van der Waals surface area contributed by atoms with Crippen LogP contribution in [0.25, 0.3) is 11.1 Å². The summed E-state index contributed by atoms with van der Waals surface area (Å²) in [6, 6.07) is 15.8. The molecule has 200 valence electrons. The summed E-state index contributed by atoms with van der Waals surface area (Å²) in [6.07, 6.45) is 2.74. The van der Waals surface area contributed by atoms with Crippen molar-refractivity contribution in [1.29, 1.82) is 0 Å². The highest BCUT2D eigenvalue weighted by molar-refractivity contribution is 7.80. The fourth-order valence-electron chi connectivity index (χ4n) is 4.46. The van der Waals surface area contributed by atoms with E-state index in [-0.39, 0.29) is 17.8 Å². The second-order valence-corrected chi connectivity index (χ2v) is 10.6. The number of para-hydroxylation sites is 1. The van der Waals surface area contributed by atoms with E-state index in [4.69, 9.17) is 21.9 Å². The number of carbonyl (C=O) groups is 2. The standard InChI is InChI=1S/C29H34N4O3S2/c1-4-20-10-12-21(13-11-20)23-8-6-7-9-24(23)31-26(34)25-18-38-27(32-25)22-14-16-33(17-15-22)29(37)30-19(3)28(35)36-5-2/h6-13,18-19,22H,4-5,14-17H2,1-3H3,(H,30,37)(H,31,34). The summed E-state index contributed by atoms with van der Waals surface area (Å²) in [4.78, 5) is 31.8. The molecule has 0 bridgehead atoms. The predicted octanol–water partition coefficient (Wildman–Crippen LogP) is 5.63. The highest BCUT2D eigenvalue weighted by Gasteiger charge is 2.26. The number of hydrogen-bond donors (Lipinski definition) is 2. The van der Waals surface area contributed by atoms with Crippen molar-refractivity contribution >= 4 is 46.2 Å². The first-order valence-corrected chi connectivity index (χ1v) is 14.4. The zero-order valence-corrected chi connectivity index (χ0v) is 23.7. The number of rotatable bonds is 8. The third-order valence-corrected chi connectivity index (χ3v) is 8.10. The molecule has 0 aliphatic carbocycles. The topological polar surface area (TPSA) is 83.6 Å². The number of likely N-dealkylation sites (tertiary alicyclic amines) is 1. The Hall–Kier alpha value is -3.30. The number of piperidine rings is 1. The highest BCUT2D eigenvalue weighted by atomic mass is 32.1. The molecule has 0 spiro atoms. The molecule has 7 nitrogen and oxygen atoms in total. The maximum Gasteiger partial charge on any atom is 0.328 e. The predicted molar refractivity (Wildman–Crippen MR) is 157 cm³/mol. The average Bonchev–Trinajstić information content (AvgIpc) is 3.44. The molecule has 2 N–H and O–H groups in total. The average molecular weight is 551 g/mol. The molecule has 1 fully saturated rings. The van der Waals surface area contributed by atoms with Gasteiger partial charge in [-0.05, 0) is 62.5 Å². The van der Waals surface area contributed by atoms with Gasteiger partial charge in [-0.3, -0.25) is 4.79 Å². The minimum atomic E-state index is -0.485. The van der Waals surface area contributed by atoms with Gasteiger partial charge in [0.15, 0.2) is 5.11 Å². The van der Waals surface area contributed by atoms with Gasteiger partial charge in [-0.15, -0.1) is 11.3 Å². The first-order valence-electron chi connectivity index (χ1n) is 13.1. The minimum absolute atomic E-state index is 0.208. The third-order valence-electron chi connectivity index (χ3n) is 6.71. The lowest BCUT2D eigenvalue weighted by atomic mass is 9.98. The Kier molecular flexibility index (Phi) is 9.47. The summed E-state index contributed by atoms with van der Waals surface area (Å²) in [7, 11) is 0. The van der Waals surface area contributed by atoms with E-state index in [0.717, 1.165) is 54.2 Å². The van der Waals surface area contributed by atoms with Crippen molar-refractivity contribution in [3.8, 4) is 11.1 Å². The lowest BCUT2D eigenvalue weighted by Gasteiger charge is -2.33. The number of aromatic nitrogens is 1. The first-order chi connectivity index (χ1) is 18.4. The molecular weight excluding hydrogens is 516 g/mol. The molecule has 3 aromatic rings. The van der Waals surface area contributed by atoms with Crippen molar-refractivity contribution in [1.82, 2.24) is 15.2 Å². The maximum absolute atomic E-state index is 13.1. The number of benzene rings is 2. The molecule has 1 amide bonds. The second kappa shape index (κ2) is 13.0. The molecule has 2 aromatic carbocycles. The van der Waals surface area contributed by atoms with Crippen molar-refractivity contribution in [2.75, 3.05) is 25.0 Å². The molecule has 0 saturated carbocycles. The van der Waals surface area contributed by atoms with Gasteiger partial charge in [-0.25, -0.2) is 9.78 Å². The van der Waals surface area contributed by atoms with E-state index in [1.165, 1.54) is 16.9 Å². The largest absolute Gasteiger partial charge is 0.464 e. The Labute approximate surface area is 233 Å². The van der Waals surface area contributed by atoms with Crippen molar-refractivity contribution < 1.29 is 14.3 Å². The fraction of sp³-hybridized carbons (Fsp3) is 0.379. The van der Waals surface area contributed by atoms with Gasteiger partial charge >= 0.3 is 5.97 Å². The second-order valence-electron chi connectivity index (χ2n) is 9.31. The summed E-state index contributed by atoms with van der Waals surface area (Å²) in [6.45, 7) is 7.53. The summed E-state index contributed by atoms with van der Waals surface area (Å²) >= 11 is 7.04. The number of thiocarbonyl (C=S) groups is 1. The van der Waals surface area contributed by atoms with Gasteiger partial charge in [0.05, 0.1) is 11.6 Å². The van der Waals surface area contributed by atoms with Gasteiger partial charge in [0.1, 0.15) is 11.7 Å². The Bertz CT molecular complexity index is 1270. The molecular formula is C29H34N4O3S2. The quantitative estimate of drug-likeness (QED) is 0.278. The van der Waals surface area contributed by atoms with E-state index in [0.29, 0.717) is 17.4 Å². The molecule has 38 heavy (non-hydrogen) atoms. The SMILES string of the molecule is CCOC(=O)C(C)NC(=S)N1CCC(c2nc(C(=O)Nc3ccccc3-c3ccc(CC)cc3)cs2)CC1. The number of nitrogens with zero attached hydrogens (tertiary/aromatic N) is 2. The van der Waals surface area contributed by atoms with Crippen LogP contribution in [-0.2, 0) is 16.0 Å². The van der Waals surface area contributed by atoms with Crippen LogP contribution in [0.15, 0.2) is 53.9 Å². The lowest BCUT2D eigenvalue weighted by Crippen LogP contribution is -2.49. The van der Waals surface area contributed by atoms with E-state index >= 15 is 0 Å². The van der Waals surface area contributed by atoms with Crippen LogP contribution < -0.4 is 10.6 Å². The number of carbonyl (C=O) groups excluding carboxylic acids is 2. The van der Waals surface area contributed by atoms with Crippen LogP contribution in [0.4, 0.5) is 5.69 Å². The van der Waals surface area contributed by atoms with Crippen LogP contribution in [0.3, 0.4) is 0 Å². The van der Waals surface area contributed by atoms with Gasteiger partial charge in [-0.2, -0.15) is 0 Å². The van der Waals surface area contributed by atoms with Gasteiger partial charge in [-0.1, -0.05) is 49.4 Å². The van der Waals surface area contributed by atoms with E-state index in [1.54, 1.807) is 13.8 Å². The minimum Gasteiger partial charge on any atom is -0.464 e. The number of amides is 1. The van der Waals surface area contributed by atoms with E-state index in [9.17, 15) is 9.59 Å². The summed E-state index contributed by atoms with van der Waals surface area (Å²) < 4.78 is 5.04. The van der Waals surface area contributed by atoms with E-state index in [2.05, 4.69) is 46.7 Å². The first kappa shape index (κ1) is 27.7. The monoisotopic (exact) mass is 550 g/mol. The normalized spacial score (nSPS) is 14.6. The van der Waals surface area contributed by atoms with Crippen LogP contribution in [0.2, 0.25) is 0 Å². The summed E-state index contributed by atoms with van der Waals surface area (Å²) in [5.74, 6) is -0.247. The van der Waals surface area contributed by atoms with Crippen LogP contribution in [-0.4, -0.2) is 52.6 Å². The zero-order chi connectivity index (χ0) is 27.1. The molecule has 1 aromatic heterocycles. The number of anilines is 1. The molecule has 1 aliphatic heterocycles. The van der Waals surface area contributed by atoms with Crippen molar-refractivity contribution in [3.05, 3.63) is 70.2 Å². The van der Waals surface area contributed by atoms with E-state index in [1.807, 2.05) is 29.6 Å². The van der Waals surface area contributed by atoms with Gasteiger partial charge < -0.3 is 20.3 Å². The Morgan fingerprint density at radius 1 is 1.13 bits per heavy atom. The van der Waals surface area contributed by atoms with Gasteiger partial charge in [0.25, 0.3) is 5.91 Å². The van der Waals surface area contributed by atoms with Crippen LogP contribution in [0, 0.1) is 0 Å². The summed E-state index contributed by atoms with van der Waals surface area (Å²) in [5.41, 5.74) is 4.52. The smallest absolute Gasteiger partial charge is 0.328 e. The number of hydrogen-bond acceptors (Lipinski definition) is 6.